The number of nitrogens with zero attached hydrogens (tertiary/aromatic N) is 3. The molecule has 0 spiro atoms. The van der Waals surface area contributed by atoms with Gasteiger partial charge in [0, 0.05) is 19.6 Å². The number of aromatic nitrogens is 1. The lowest BCUT2D eigenvalue weighted by Crippen LogP contribution is -2.39. The largest absolute Gasteiger partial charge is 0.459 e. The van der Waals surface area contributed by atoms with Gasteiger partial charge in [0.2, 0.25) is 0 Å². The van der Waals surface area contributed by atoms with Crippen LogP contribution in [0.5, 0.6) is 0 Å². The van der Waals surface area contributed by atoms with E-state index in [9.17, 15) is 9.59 Å². The monoisotopic (exact) mass is 433 g/mol. The Morgan fingerprint density at radius 1 is 0.871 bits per heavy atom. The van der Waals surface area contributed by atoms with E-state index in [4.69, 9.17) is 9.47 Å². The molecule has 0 aromatic carbocycles. The van der Waals surface area contributed by atoms with E-state index in [2.05, 4.69) is 14.8 Å². The molecular formula is C24H39N3O4. The van der Waals surface area contributed by atoms with Gasteiger partial charge in [-0.1, -0.05) is 12.5 Å². The van der Waals surface area contributed by atoms with Crippen molar-refractivity contribution in [2.75, 3.05) is 32.7 Å². The van der Waals surface area contributed by atoms with Crippen LogP contribution in [0.25, 0.3) is 0 Å². The lowest BCUT2D eigenvalue weighted by atomic mass is 10.2. The SMILES string of the molecule is CC(C)(C)OC(=O)CN1CCCCCN(Cc2cccc(C(=O)OC(C)(C)C)n2)CC1. The van der Waals surface area contributed by atoms with Gasteiger partial charge in [0.1, 0.15) is 16.9 Å². The highest BCUT2D eigenvalue weighted by atomic mass is 16.6. The second-order valence-electron chi connectivity index (χ2n) is 10.2. The molecule has 0 N–H and O–H groups in total. The fourth-order valence-corrected chi connectivity index (χ4v) is 3.47. The predicted octanol–water partition coefficient (Wildman–Crippen LogP) is 3.67. The molecule has 2 rings (SSSR count). The first-order chi connectivity index (χ1) is 14.4. The average molecular weight is 434 g/mol. The predicted molar refractivity (Wildman–Crippen MR) is 121 cm³/mol. The first-order valence-electron chi connectivity index (χ1n) is 11.3. The Kier molecular flexibility index (Phi) is 9.01. The zero-order chi connectivity index (χ0) is 23.1. The Morgan fingerprint density at radius 3 is 2.13 bits per heavy atom. The van der Waals surface area contributed by atoms with Crippen LogP contribution in [-0.2, 0) is 20.8 Å². The van der Waals surface area contributed by atoms with Crippen molar-refractivity contribution in [2.24, 2.45) is 0 Å². The molecule has 0 saturated carbocycles. The molecule has 0 amide bonds. The summed E-state index contributed by atoms with van der Waals surface area (Å²) in [4.78, 5) is 33.7. The van der Waals surface area contributed by atoms with Crippen LogP contribution in [0.3, 0.4) is 0 Å². The molecule has 31 heavy (non-hydrogen) atoms. The Bertz CT molecular complexity index is 737. The lowest BCUT2D eigenvalue weighted by molar-refractivity contribution is -0.156. The van der Waals surface area contributed by atoms with Gasteiger partial charge in [0.05, 0.1) is 12.2 Å². The number of ether oxygens (including phenoxy) is 2. The highest BCUT2D eigenvalue weighted by Gasteiger charge is 2.21. The highest BCUT2D eigenvalue weighted by Crippen LogP contribution is 2.14. The molecule has 7 nitrogen and oxygen atoms in total. The second-order valence-corrected chi connectivity index (χ2v) is 10.2. The normalized spacial score (nSPS) is 17.4. The molecule has 1 aliphatic heterocycles. The van der Waals surface area contributed by atoms with E-state index in [1.54, 1.807) is 6.07 Å². The summed E-state index contributed by atoms with van der Waals surface area (Å²) < 4.78 is 10.9. The first kappa shape index (κ1) is 25.3. The Balaban J connectivity index is 1.97. The molecule has 1 aromatic rings. The number of pyridine rings is 1. The summed E-state index contributed by atoms with van der Waals surface area (Å²) in [6, 6.07) is 5.49. The topological polar surface area (TPSA) is 72.0 Å². The van der Waals surface area contributed by atoms with Crippen LogP contribution in [0.1, 0.15) is 77.0 Å². The molecule has 0 bridgehead atoms. The van der Waals surface area contributed by atoms with E-state index < -0.39 is 17.2 Å². The summed E-state index contributed by atoms with van der Waals surface area (Å²) in [5, 5.41) is 0. The zero-order valence-electron chi connectivity index (χ0n) is 20.1. The summed E-state index contributed by atoms with van der Waals surface area (Å²) >= 11 is 0. The van der Waals surface area contributed by atoms with E-state index in [-0.39, 0.29) is 5.97 Å². The summed E-state index contributed by atoms with van der Waals surface area (Å²) in [7, 11) is 0. The Morgan fingerprint density at radius 2 is 1.48 bits per heavy atom. The molecule has 174 valence electrons. The van der Waals surface area contributed by atoms with Gasteiger partial charge in [0.15, 0.2) is 0 Å². The maximum Gasteiger partial charge on any atom is 0.357 e. The van der Waals surface area contributed by atoms with Gasteiger partial charge in [-0.15, -0.1) is 0 Å². The van der Waals surface area contributed by atoms with E-state index in [0.29, 0.717) is 18.8 Å². The molecular weight excluding hydrogens is 394 g/mol. The van der Waals surface area contributed by atoms with Crippen molar-refractivity contribution in [3.63, 3.8) is 0 Å². The minimum absolute atomic E-state index is 0.176. The van der Waals surface area contributed by atoms with Gasteiger partial charge in [-0.25, -0.2) is 9.78 Å². The van der Waals surface area contributed by atoms with Crippen LogP contribution in [0.2, 0.25) is 0 Å². The molecule has 1 saturated heterocycles. The van der Waals surface area contributed by atoms with Crippen LogP contribution < -0.4 is 0 Å². The van der Waals surface area contributed by atoms with Crippen molar-refractivity contribution >= 4 is 11.9 Å². The molecule has 7 heteroatoms. The van der Waals surface area contributed by atoms with E-state index >= 15 is 0 Å². The number of hydrogen-bond donors (Lipinski definition) is 0. The number of esters is 2. The number of carbonyl (C=O) groups excluding carboxylic acids is 2. The summed E-state index contributed by atoms with van der Waals surface area (Å²) in [5.41, 5.74) is 0.172. The van der Waals surface area contributed by atoms with Crippen LogP contribution in [0.4, 0.5) is 0 Å². The third-order valence-electron chi connectivity index (χ3n) is 4.75. The van der Waals surface area contributed by atoms with Crippen LogP contribution in [0.15, 0.2) is 18.2 Å². The number of hydrogen-bond acceptors (Lipinski definition) is 7. The first-order valence-corrected chi connectivity index (χ1v) is 11.3. The van der Waals surface area contributed by atoms with Crippen molar-refractivity contribution in [1.82, 2.24) is 14.8 Å². The quantitative estimate of drug-likeness (QED) is 0.656. The average Bonchev–Trinajstić information content (AvgIpc) is 2.72. The minimum Gasteiger partial charge on any atom is -0.459 e. The van der Waals surface area contributed by atoms with Crippen LogP contribution in [0, 0.1) is 0 Å². The smallest absolute Gasteiger partial charge is 0.357 e. The van der Waals surface area contributed by atoms with Gasteiger partial charge >= 0.3 is 11.9 Å². The Labute approximate surface area is 187 Å². The summed E-state index contributed by atoms with van der Waals surface area (Å²) in [6.45, 7) is 15.7. The van der Waals surface area contributed by atoms with Crippen molar-refractivity contribution in [1.29, 1.82) is 0 Å². The van der Waals surface area contributed by atoms with Crippen molar-refractivity contribution in [3.05, 3.63) is 29.6 Å². The van der Waals surface area contributed by atoms with Gasteiger partial charge in [-0.3, -0.25) is 14.6 Å². The maximum atomic E-state index is 12.3. The standard InChI is InChI=1S/C24H39N3O4/c1-23(2,3)30-21(28)18-27-14-9-7-8-13-26(15-16-27)17-19-11-10-12-20(25-19)22(29)31-24(4,5)6/h10-12H,7-9,13-18H2,1-6H3. The van der Waals surface area contributed by atoms with Crippen LogP contribution >= 0.6 is 0 Å². The molecule has 1 fully saturated rings. The molecule has 0 unspecified atom stereocenters. The zero-order valence-corrected chi connectivity index (χ0v) is 20.1. The molecule has 0 aliphatic carbocycles. The number of rotatable bonds is 5. The van der Waals surface area contributed by atoms with E-state index in [0.717, 1.165) is 51.1 Å². The van der Waals surface area contributed by atoms with Gasteiger partial charge < -0.3 is 9.47 Å². The lowest BCUT2D eigenvalue weighted by Gasteiger charge is -2.27. The van der Waals surface area contributed by atoms with Crippen LogP contribution in [-0.4, -0.2) is 70.6 Å². The van der Waals surface area contributed by atoms with Gasteiger partial charge in [0.25, 0.3) is 0 Å². The van der Waals surface area contributed by atoms with Crippen molar-refractivity contribution in [3.8, 4) is 0 Å². The van der Waals surface area contributed by atoms with Crippen molar-refractivity contribution in [2.45, 2.75) is 78.6 Å². The van der Waals surface area contributed by atoms with Gasteiger partial charge in [-0.05, 0) is 79.6 Å². The summed E-state index contributed by atoms with van der Waals surface area (Å²) in [5.74, 6) is -0.577. The van der Waals surface area contributed by atoms with Crippen molar-refractivity contribution < 1.29 is 19.1 Å². The van der Waals surface area contributed by atoms with E-state index in [1.165, 1.54) is 0 Å². The fourth-order valence-electron chi connectivity index (χ4n) is 3.47. The third-order valence-corrected chi connectivity index (χ3v) is 4.75. The molecule has 0 radical (unpaired) electrons. The minimum atomic E-state index is -0.548. The maximum absolute atomic E-state index is 12.3. The van der Waals surface area contributed by atoms with Gasteiger partial charge in [-0.2, -0.15) is 0 Å². The molecule has 1 aromatic heterocycles. The molecule has 2 heterocycles. The highest BCUT2D eigenvalue weighted by molar-refractivity contribution is 5.87. The molecule has 1 aliphatic rings. The number of carbonyl (C=O) groups is 2. The molecule has 0 atom stereocenters. The second kappa shape index (κ2) is 11.0. The summed E-state index contributed by atoms with van der Waals surface area (Å²) in [6.07, 6.45) is 3.29. The third kappa shape index (κ3) is 10.2. The Hall–Kier alpha value is -1.99. The fraction of sp³-hybridized carbons (Fsp3) is 0.708. The van der Waals surface area contributed by atoms with E-state index in [1.807, 2.05) is 53.7 Å².